The van der Waals surface area contributed by atoms with E-state index in [0.29, 0.717) is 19.4 Å². The Morgan fingerprint density at radius 3 is 2.95 bits per heavy atom. The second-order valence-corrected chi connectivity index (χ2v) is 5.42. The van der Waals surface area contributed by atoms with Crippen LogP contribution >= 0.6 is 11.3 Å². The summed E-state index contributed by atoms with van der Waals surface area (Å²) in [7, 11) is 5.44. The Hall–Kier alpha value is -1.18. The number of esters is 1. The molecule has 0 fully saturated rings. The van der Waals surface area contributed by atoms with Crippen molar-refractivity contribution in [2.75, 3.05) is 52.8 Å². The van der Waals surface area contributed by atoms with Gasteiger partial charge >= 0.3 is 5.97 Å². The first-order valence-corrected chi connectivity index (χ1v) is 7.47. The molecule has 1 aromatic heterocycles. The number of carbonyl (C=O) groups excluding carboxylic acids is 1. The van der Waals surface area contributed by atoms with Gasteiger partial charge in [0.1, 0.15) is 0 Å². The Morgan fingerprint density at radius 1 is 1.45 bits per heavy atom. The van der Waals surface area contributed by atoms with E-state index in [1.165, 1.54) is 18.4 Å². The van der Waals surface area contributed by atoms with E-state index in [4.69, 9.17) is 4.74 Å². The molecule has 1 aromatic rings. The van der Waals surface area contributed by atoms with Crippen molar-refractivity contribution in [3.8, 4) is 0 Å². The highest BCUT2D eigenvalue weighted by Crippen LogP contribution is 2.16. The van der Waals surface area contributed by atoms with Crippen LogP contribution in [-0.2, 0) is 20.7 Å². The van der Waals surface area contributed by atoms with Crippen LogP contribution in [0.3, 0.4) is 0 Å². The lowest BCUT2D eigenvalue weighted by atomic mass is 10.2. The Morgan fingerprint density at radius 2 is 2.25 bits per heavy atom. The maximum atomic E-state index is 11.0. The van der Waals surface area contributed by atoms with Crippen molar-refractivity contribution in [3.05, 3.63) is 11.1 Å². The van der Waals surface area contributed by atoms with Gasteiger partial charge < -0.3 is 19.7 Å². The average molecular weight is 301 g/mol. The summed E-state index contributed by atoms with van der Waals surface area (Å²) in [4.78, 5) is 17.5. The molecule has 0 unspecified atom stereocenters. The number of anilines is 1. The largest absolute Gasteiger partial charge is 0.469 e. The molecule has 1 rings (SSSR count). The van der Waals surface area contributed by atoms with Crippen LogP contribution in [0.5, 0.6) is 0 Å². The molecule has 0 atom stereocenters. The SMILES string of the molecule is COC(=O)CCc1csc(NCCOCCN(C)C)n1. The van der Waals surface area contributed by atoms with Gasteiger partial charge in [0.2, 0.25) is 0 Å². The summed E-state index contributed by atoms with van der Waals surface area (Å²) in [6.45, 7) is 3.05. The molecule has 0 spiro atoms. The van der Waals surface area contributed by atoms with Crippen LogP contribution in [-0.4, -0.2) is 63.4 Å². The van der Waals surface area contributed by atoms with Crippen LogP contribution in [0.25, 0.3) is 0 Å². The van der Waals surface area contributed by atoms with E-state index in [1.54, 1.807) is 0 Å². The van der Waals surface area contributed by atoms with E-state index < -0.39 is 0 Å². The third-order valence-electron chi connectivity index (χ3n) is 2.57. The van der Waals surface area contributed by atoms with Crippen LogP contribution in [0.1, 0.15) is 12.1 Å². The number of nitrogens with zero attached hydrogens (tertiary/aromatic N) is 2. The van der Waals surface area contributed by atoms with Crippen molar-refractivity contribution in [1.29, 1.82) is 0 Å². The lowest BCUT2D eigenvalue weighted by Crippen LogP contribution is -2.20. The second kappa shape index (κ2) is 9.68. The van der Waals surface area contributed by atoms with Gasteiger partial charge in [0.05, 0.1) is 32.4 Å². The fourth-order valence-corrected chi connectivity index (χ4v) is 2.19. The van der Waals surface area contributed by atoms with Gasteiger partial charge in [0.25, 0.3) is 0 Å². The smallest absolute Gasteiger partial charge is 0.305 e. The Labute approximate surface area is 124 Å². The van der Waals surface area contributed by atoms with Crippen molar-refractivity contribution < 1.29 is 14.3 Å². The lowest BCUT2D eigenvalue weighted by Gasteiger charge is -2.09. The third-order valence-corrected chi connectivity index (χ3v) is 3.42. The average Bonchev–Trinajstić information content (AvgIpc) is 2.87. The first-order valence-electron chi connectivity index (χ1n) is 6.59. The molecule has 6 nitrogen and oxygen atoms in total. The molecule has 0 bridgehead atoms. The number of ether oxygens (including phenoxy) is 2. The molecular weight excluding hydrogens is 278 g/mol. The fourth-order valence-electron chi connectivity index (χ4n) is 1.41. The first kappa shape index (κ1) is 16.9. The molecule has 0 aliphatic rings. The van der Waals surface area contributed by atoms with Gasteiger partial charge in [-0.3, -0.25) is 4.79 Å². The highest BCUT2D eigenvalue weighted by molar-refractivity contribution is 7.13. The molecular formula is C13H23N3O3S. The van der Waals surface area contributed by atoms with E-state index in [0.717, 1.165) is 30.5 Å². The number of hydrogen-bond acceptors (Lipinski definition) is 7. The molecule has 0 aliphatic carbocycles. The number of nitrogens with one attached hydrogen (secondary N) is 1. The molecule has 1 N–H and O–H groups in total. The van der Waals surface area contributed by atoms with Gasteiger partial charge in [-0.15, -0.1) is 11.3 Å². The second-order valence-electron chi connectivity index (χ2n) is 4.56. The number of aromatic nitrogens is 1. The molecule has 114 valence electrons. The number of hydrogen-bond donors (Lipinski definition) is 1. The molecule has 0 saturated heterocycles. The summed E-state index contributed by atoms with van der Waals surface area (Å²) in [5.74, 6) is -0.207. The predicted octanol–water partition coefficient (Wildman–Crippen LogP) is 1.24. The van der Waals surface area contributed by atoms with Gasteiger partial charge in [0.15, 0.2) is 5.13 Å². The third kappa shape index (κ3) is 7.42. The van der Waals surface area contributed by atoms with Gasteiger partial charge in [-0.25, -0.2) is 4.98 Å². The zero-order chi connectivity index (χ0) is 14.8. The normalized spacial score (nSPS) is 10.8. The van der Waals surface area contributed by atoms with E-state index in [-0.39, 0.29) is 5.97 Å². The van der Waals surface area contributed by atoms with E-state index in [2.05, 4.69) is 19.9 Å². The van der Waals surface area contributed by atoms with Gasteiger partial charge in [-0.1, -0.05) is 0 Å². The summed E-state index contributed by atoms with van der Waals surface area (Å²) in [5, 5.41) is 6.03. The van der Waals surface area contributed by atoms with Crippen molar-refractivity contribution in [1.82, 2.24) is 9.88 Å². The van der Waals surface area contributed by atoms with Crippen LogP contribution < -0.4 is 5.32 Å². The minimum atomic E-state index is -0.207. The Bertz CT molecular complexity index is 396. The summed E-state index contributed by atoms with van der Waals surface area (Å²) in [5.41, 5.74) is 0.913. The minimum absolute atomic E-state index is 0.207. The van der Waals surface area contributed by atoms with Gasteiger partial charge in [-0.2, -0.15) is 0 Å². The monoisotopic (exact) mass is 301 g/mol. The van der Waals surface area contributed by atoms with E-state index in [9.17, 15) is 4.79 Å². The van der Waals surface area contributed by atoms with Crippen LogP contribution in [0, 0.1) is 0 Å². The lowest BCUT2D eigenvalue weighted by molar-refractivity contribution is -0.140. The Balaban J connectivity index is 2.12. The molecule has 0 aromatic carbocycles. The molecule has 0 amide bonds. The minimum Gasteiger partial charge on any atom is -0.469 e. The van der Waals surface area contributed by atoms with Crippen molar-refractivity contribution in [2.45, 2.75) is 12.8 Å². The van der Waals surface area contributed by atoms with Crippen molar-refractivity contribution >= 4 is 22.4 Å². The highest BCUT2D eigenvalue weighted by atomic mass is 32.1. The van der Waals surface area contributed by atoms with E-state index in [1.807, 2.05) is 19.5 Å². The van der Waals surface area contributed by atoms with E-state index >= 15 is 0 Å². The maximum absolute atomic E-state index is 11.0. The molecule has 7 heteroatoms. The summed E-state index contributed by atoms with van der Waals surface area (Å²) in [6, 6.07) is 0. The fraction of sp³-hybridized carbons (Fsp3) is 0.692. The number of carbonyl (C=O) groups is 1. The topological polar surface area (TPSA) is 63.7 Å². The van der Waals surface area contributed by atoms with Gasteiger partial charge in [-0.05, 0) is 14.1 Å². The van der Waals surface area contributed by atoms with Crippen LogP contribution in [0.2, 0.25) is 0 Å². The zero-order valence-electron chi connectivity index (χ0n) is 12.3. The van der Waals surface area contributed by atoms with Crippen molar-refractivity contribution in [2.24, 2.45) is 0 Å². The number of rotatable bonds is 10. The molecule has 20 heavy (non-hydrogen) atoms. The molecule has 0 aliphatic heterocycles. The number of thiazole rings is 1. The first-order chi connectivity index (χ1) is 9.61. The number of aryl methyl sites for hydroxylation is 1. The van der Waals surface area contributed by atoms with Crippen molar-refractivity contribution in [3.63, 3.8) is 0 Å². The summed E-state index contributed by atoms with van der Waals surface area (Å²) in [6.07, 6.45) is 0.984. The summed E-state index contributed by atoms with van der Waals surface area (Å²) >= 11 is 1.54. The highest BCUT2D eigenvalue weighted by Gasteiger charge is 2.05. The molecule has 0 radical (unpaired) electrons. The quantitative estimate of drug-likeness (QED) is 0.518. The van der Waals surface area contributed by atoms with Crippen LogP contribution in [0.4, 0.5) is 5.13 Å². The Kier molecular flexibility index (Phi) is 8.17. The maximum Gasteiger partial charge on any atom is 0.305 e. The standard InChI is InChI=1S/C13H23N3O3S/c1-16(2)7-9-19-8-6-14-13-15-11(10-20-13)4-5-12(17)18-3/h10H,4-9H2,1-3H3,(H,14,15). The van der Waals surface area contributed by atoms with Crippen LogP contribution in [0.15, 0.2) is 5.38 Å². The van der Waals surface area contributed by atoms with Gasteiger partial charge in [0, 0.05) is 24.9 Å². The molecule has 0 saturated carbocycles. The number of methoxy groups -OCH3 is 1. The molecule has 1 heterocycles. The zero-order valence-corrected chi connectivity index (χ0v) is 13.2. The summed E-state index contributed by atoms with van der Waals surface area (Å²) < 4.78 is 10.1. The number of likely N-dealkylation sites (N-methyl/N-ethyl adjacent to an activating group) is 1. The predicted molar refractivity (Wildman–Crippen MR) is 80.3 cm³/mol.